The van der Waals surface area contributed by atoms with Crippen LogP contribution in [-0.2, 0) is 12.7 Å². The summed E-state index contributed by atoms with van der Waals surface area (Å²) in [7, 11) is 0. The molecule has 0 saturated heterocycles. The van der Waals surface area contributed by atoms with Crippen molar-refractivity contribution in [3.8, 4) is 0 Å². The van der Waals surface area contributed by atoms with Gasteiger partial charge in [0.05, 0.1) is 6.54 Å². The number of rotatable bonds is 2. The molecule has 1 heterocycles. The summed E-state index contributed by atoms with van der Waals surface area (Å²) in [5, 5.41) is 0. The molecule has 2 rings (SSSR count). The zero-order valence-corrected chi connectivity index (χ0v) is 9.82. The molecule has 1 aromatic carbocycles. The Morgan fingerprint density at radius 1 is 1.05 bits per heavy atom. The maximum absolute atomic E-state index is 12.8. The fourth-order valence-corrected chi connectivity index (χ4v) is 1.74. The predicted octanol–water partition coefficient (Wildman–Crippen LogP) is 2.50. The first-order valence-corrected chi connectivity index (χ1v) is 5.49. The van der Waals surface area contributed by atoms with Crippen LogP contribution in [0.25, 0.3) is 0 Å². The van der Waals surface area contributed by atoms with Gasteiger partial charge in [0.15, 0.2) is 0 Å². The first-order chi connectivity index (χ1) is 8.88. The minimum absolute atomic E-state index is 0.144. The smallest absolute Gasteiger partial charge is 0.399 e. The van der Waals surface area contributed by atoms with E-state index in [0.29, 0.717) is 15.8 Å². The van der Waals surface area contributed by atoms with Crippen LogP contribution >= 0.6 is 0 Å². The molecule has 19 heavy (non-hydrogen) atoms. The Morgan fingerprint density at radius 2 is 1.68 bits per heavy atom. The summed E-state index contributed by atoms with van der Waals surface area (Å²) in [6.45, 7) is -0.144. The number of pyridine rings is 1. The monoisotopic (exact) mass is 268 g/mol. The molecule has 2 N–H and O–H groups in total. The summed E-state index contributed by atoms with van der Waals surface area (Å²) in [5.41, 5.74) is 4.94. The Hall–Kier alpha value is -2.24. The number of halogens is 3. The molecule has 6 heteroatoms. The number of hydrogen-bond donors (Lipinski definition) is 1. The highest BCUT2D eigenvalue weighted by molar-refractivity contribution is 5.39. The Labute approximate surface area is 107 Å². The molecule has 3 nitrogen and oxygen atoms in total. The molecule has 0 amide bonds. The van der Waals surface area contributed by atoms with E-state index in [1.807, 2.05) is 0 Å². The molecule has 0 aliphatic heterocycles. The van der Waals surface area contributed by atoms with E-state index in [1.54, 1.807) is 24.3 Å². The molecule has 0 atom stereocenters. The molecule has 0 spiro atoms. The van der Waals surface area contributed by atoms with Gasteiger partial charge in [-0.2, -0.15) is 13.2 Å². The third-order valence-electron chi connectivity index (χ3n) is 2.66. The Kier molecular flexibility index (Phi) is 3.33. The number of nitrogens with zero attached hydrogens (tertiary/aromatic N) is 1. The van der Waals surface area contributed by atoms with Crippen LogP contribution in [0.2, 0.25) is 0 Å². The number of nitrogens with two attached hydrogens (primary N) is 1. The molecule has 0 bridgehead atoms. The summed E-state index contributed by atoms with van der Waals surface area (Å²) in [5.74, 6) is 0. The topological polar surface area (TPSA) is 48.0 Å². The van der Waals surface area contributed by atoms with E-state index in [-0.39, 0.29) is 6.54 Å². The van der Waals surface area contributed by atoms with Crippen molar-refractivity contribution in [2.45, 2.75) is 12.7 Å². The molecule has 0 fully saturated rings. The number of anilines is 1. The van der Waals surface area contributed by atoms with E-state index in [1.165, 1.54) is 0 Å². The molecule has 0 aliphatic rings. The van der Waals surface area contributed by atoms with Crippen LogP contribution in [0.15, 0.2) is 47.3 Å². The molecule has 100 valence electrons. The number of benzene rings is 1. The second kappa shape index (κ2) is 4.79. The normalized spacial score (nSPS) is 11.5. The molecular weight excluding hydrogens is 257 g/mol. The van der Waals surface area contributed by atoms with Crippen molar-refractivity contribution in [3.63, 3.8) is 0 Å². The number of aromatic nitrogens is 1. The van der Waals surface area contributed by atoms with Crippen molar-refractivity contribution in [2.24, 2.45) is 0 Å². The lowest BCUT2D eigenvalue weighted by Gasteiger charge is -2.15. The van der Waals surface area contributed by atoms with Gasteiger partial charge < -0.3 is 5.73 Å². The lowest BCUT2D eigenvalue weighted by Crippen LogP contribution is -2.27. The minimum Gasteiger partial charge on any atom is -0.399 e. The van der Waals surface area contributed by atoms with E-state index in [9.17, 15) is 18.0 Å². The van der Waals surface area contributed by atoms with Crippen molar-refractivity contribution < 1.29 is 13.2 Å². The van der Waals surface area contributed by atoms with E-state index in [0.717, 1.165) is 18.2 Å². The lowest BCUT2D eigenvalue weighted by atomic mass is 10.2. The maximum Gasteiger partial charge on any atom is 0.431 e. The maximum atomic E-state index is 12.8. The summed E-state index contributed by atoms with van der Waals surface area (Å²) in [6, 6.07) is 9.44. The van der Waals surface area contributed by atoms with Crippen molar-refractivity contribution >= 4 is 5.69 Å². The van der Waals surface area contributed by atoms with E-state index in [2.05, 4.69) is 0 Å². The molecular formula is C13H11F3N2O. The van der Waals surface area contributed by atoms with Crippen LogP contribution in [0, 0.1) is 0 Å². The molecule has 1 aromatic heterocycles. The quantitative estimate of drug-likeness (QED) is 0.851. The fourth-order valence-electron chi connectivity index (χ4n) is 1.74. The van der Waals surface area contributed by atoms with Gasteiger partial charge >= 0.3 is 6.18 Å². The molecule has 0 unspecified atom stereocenters. The zero-order chi connectivity index (χ0) is 14.0. The van der Waals surface area contributed by atoms with Gasteiger partial charge in [-0.3, -0.25) is 9.36 Å². The van der Waals surface area contributed by atoms with Crippen molar-refractivity contribution in [3.05, 3.63) is 64.1 Å². The lowest BCUT2D eigenvalue weighted by molar-refractivity contribution is -0.144. The third-order valence-corrected chi connectivity index (χ3v) is 2.66. The Balaban J connectivity index is 2.45. The summed E-state index contributed by atoms with van der Waals surface area (Å²) < 4.78 is 39.1. The van der Waals surface area contributed by atoms with Gasteiger partial charge in [-0.1, -0.05) is 18.2 Å². The second-order valence-corrected chi connectivity index (χ2v) is 4.07. The van der Waals surface area contributed by atoms with Crippen LogP contribution in [0.5, 0.6) is 0 Å². The standard InChI is InChI=1S/C13H11F3N2O/c14-13(15,16)11-2-1-3-12(19)18(11)8-9-4-6-10(17)7-5-9/h1-7H,8,17H2. The van der Waals surface area contributed by atoms with Gasteiger partial charge in [0.2, 0.25) is 0 Å². The largest absolute Gasteiger partial charge is 0.431 e. The van der Waals surface area contributed by atoms with Crippen LogP contribution in [0.3, 0.4) is 0 Å². The number of nitrogen functional groups attached to an aromatic ring is 1. The van der Waals surface area contributed by atoms with E-state index in [4.69, 9.17) is 5.73 Å². The Morgan fingerprint density at radius 3 is 2.26 bits per heavy atom. The second-order valence-electron chi connectivity index (χ2n) is 4.07. The SMILES string of the molecule is Nc1ccc(Cn2c(C(F)(F)F)cccc2=O)cc1. The first-order valence-electron chi connectivity index (χ1n) is 5.49. The van der Waals surface area contributed by atoms with Gasteiger partial charge in [-0.05, 0) is 23.8 Å². The molecule has 0 radical (unpaired) electrons. The highest BCUT2D eigenvalue weighted by Gasteiger charge is 2.34. The summed E-state index contributed by atoms with van der Waals surface area (Å²) in [6.07, 6.45) is -4.56. The average Bonchev–Trinajstić information content (AvgIpc) is 2.33. The minimum atomic E-state index is -4.56. The van der Waals surface area contributed by atoms with Crippen molar-refractivity contribution in [1.82, 2.24) is 4.57 Å². The fraction of sp³-hybridized carbons (Fsp3) is 0.154. The van der Waals surface area contributed by atoms with Crippen LogP contribution in [0.1, 0.15) is 11.3 Å². The highest BCUT2D eigenvalue weighted by atomic mass is 19.4. The first kappa shape index (κ1) is 13.2. The predicted molar refractivity (Wildman–Crippen MR) is 65.7 cm³/mol. The number of hydrogen-bond acceptors (Lipinski definition) is 2. The Bertz CT molecular complexity index is 630. The van der Waals surface area contributed by atoms with Crippen LogP contribution in [-0.4, -0.2) is 4.57 Å². The number of alkyl halides is 3. The van der Waals surface area contributed by atoms with Gasteiger partial charge in [0.25, 0.3) is 5.56 Å². The van der Waals surface area contributed by atoms with E-state index < -0.39 is 17.4 Å². The van der Waals surface area contributed by atoms with Crippen LogP contribution in [0.4, 0.5) is 18.9 Å². The van der Waals surface area contributed by atoms with Crippen LogP contribution < -0.4 is 11.3 Å². The molecule has 0 aliphatic carbocycles. The van der Waals surface area contributed by atoms with Gasteiger partial charge in [-0.15, -0.1) is 0 Å². The third kappa shape index (κ3) is 2.96. The zero-order valence-electron chi connectivity index (χ0n) is 9.82. The highest BCUT2D eigenvalue weighted by Crippen LogP contribution is 2.28. The van der Waals surface area contributed by atoms with Gasteiger partial charge in [0, 0.05) is 11.8 Å². The van der Waals surface area contributed by atoms with E-state index >= 15 is 0 Å². The van der Waals surface area contributed by atoms with Gasteiger partial charge in [0.1, 0.15) is 5.69 Å². The average molecular weight is 268 g/mol. The van der Waals surface area contributed by atoms with Crippen molar-refractivity contribution in [2.75, 3.05) is 5.73 Å². The summed E-state index contributed by atoms with van der Waals surface area (Å²) in [4.78, 5) is 11.6. The van der Waals surface area contributed by atoms with Gasteiger partial charge in [-0.25, -0.2) is 0 Å². The van der Waals surface area contributed by atoms with Crippen molar-refractivity contribution in [1.29, 1.82) is 0 Å². The molecule has 2 aromatic rings. The summed E-state index contributed by atoms with van der Waals surface area (Å²) >= 11 is 0. The molecule has 0 saturated carbocycles.